The number of hydrogen-bond acceptors (Lipinski definition) is 2. The molecule has 0 heterocycles. The third-order valence-electron chi connectivity index (χ3n) is 4.51. The summed E-state index contributed by atoms with van der Waals surface area (Å²) in [4.78, 5) is 24.5. The van der Waals surface area contributed by atoms with Crippen LogP contribution in [0, 0.1) is 18.8 Å². The lowest BCUT2D eigenvalue weighted by molar-refractivity contribution is -0.125. The quantitative estimate of drug-likeness (QED) is 0.774. The Labute approximate surface area is 162 Å². The first-order valence-electron chi connectivity index (χ1n) is 8.53. The van der Waals surface area contributed by atoms with Crippen LogP contribution in [0.5, 0.6) is 0 Å². The zero-order valence-corrected chi connectivity index (χ0v) is 15.9. The van der Waals surface area contributed by atoms with Gasteiger partial charge in [-0.15, -0.1) is 0 Å². The lowest BCUT2D eigenvalue weighted by Crippen LogP contribution is -2.29. The minimum atomic E-state index is -0.277. The van der Waals surface area contributed by atoms with Gasteiger partial charge in [0.15, 0.2) is 0 Å². The second-order valence-electron chi connectivity index (χ2n) is 6.57. The number of carbonyl (C=O) groups excluding carboxylic acids is 2. The molecule has 2 aromatic rings. The molecule has 2 unspecified atom stereocenters. The Bertz CT molecular complexity index is 838. The maximum absolute atomic E-state index is 12.3. The summed E-state index contributed by atoms with van der Waals surface area (Å²) in [6, 6.07) is 12.9. The van der Waals surface area contributed by atoms with Crippen molar-refractivity contribution in [2.75, 3.05) is 11.9 Å². The molecular weight excluding hydrogens is 371 g/mol. The van der Waals surface area contributed by atoms with Crippen molar-refractivity contribution < 1.29 is 9.59 Å². The highest BCUT2D eigenvalue weighted by Gasteiger charge is 2.47. The van der Waals surface area contributed by atoms with Gasteiger partial charge in [0.25, 0.3) is 0 Å². The molecule has 2 aromatic carbocycles. The van der Waals surface area contributed by atoms with E-state index in [4.69, 9.17) is 23.2 Å². The molecule has 6 heteroatoms. The lowest BCUT2D eigenvalue weighted by atomic mass is 10.1. The van der Waals surface area contributed by atoms with E-state index in [9.17, 15) is 9.59 Å². The maximum Gasteiger partial charge on any atom is 0.228 e. The summed E-state index contributed by atoms with van der Waals surface area (Å²) in [5.74, 6) is -0.745. The fourth-order valence-corrected chi connectivity index (χ4v) is 3.23. The van der Waals surface area contributed by atoms with E-state index >= 15 is 0 Å². The largest absolute Gasteiger partial charge is 0.356 e. The zero-order chi connectivity index (χ0) is 18.7. The predicted octanol–water partition coefficient (Wildman–Crippen LogP) is 4.24. The predicted molar refractivity (Wildman–Crippen MR) is 105 cm³/mol. The molecule has 4 nitrogen and oxygen atoms in total. The molecule has 0 bridgehead atoms. The van der Waals surface area contributed by atoms with E-state index in [0.29, 0.717) is 35.1 Å². The number of nitrogens with one attached hydrogen (secondary N) is 2. The average Bonchev–Trinajstić information content (AvgIpc) is 3.39. The van der Waals surface area contributed by atoms with Gasteiger partial charge >= 0.3 is 0 Å². The molecule has 2 atom stereocenters. The van der Waals surface area contributed by atoms with Gasteiger partial charge in [0, 0.05) is 22.3 Å². The highest BCUT2D eigenvalue weighted by atomic mass is 35.5. The van der Waals surface area contributed by atoms with Crippen molar-refractivity contribution in [3.63, 3.8) is 0 Å². The van der Waals surface area contributed by atoms with Gasteiger partial charge < -0.3 is 10.6 Å². The summed E-state index contributed by atoms with van der Waals surface area (Å²) in [5.41, 5.74) is 2.67. The van der Waals surface area contributed by atoms with E-state index in [1.165, 1.54) is 0 Å². The van der Waals surface area contributed by atoms with Crippen LogP contribution in [0.15, 0.2) is 42.5 Å². The highest BCUT2D eigenvalue weighted by molar-refractivity contribution is 6.31. The van der Waals surface area contributed by atoms with Crippen molar-refractivity contribution in [3.05, 3.63) is 63.6 Å². The molecule has 2 N–H and O–H groups in total. The number of aryl methyl sites for hydroxylation is 1. The van der Waals surface area contributed by atoms with Crippen LogP contribution in [0.25, 0.3) is 0 Å². The number of rotatable bonds is 6. The molecule has 1 saturated carbocycles. The van der Waals surface area contributed by atoms with Crippen LogP contribution in [0.1, 0.15) is 17.5 Å². The zero-order valence-electron chi connectivity index (χ0n) is 14.4. The summed E-state index contributed by atoms with van der Waals surface area (Å²) in [6.07, 6.45) is 1.28. The average molecular weight is 391 g/mol. The van der Waals surface area contributed by atoms with Crippen molar-refractivity contribution in [1.29, 1.82) is 0 Å². The van der Waals surface area contributed by atoms with Crippen LogP contribution in [0.4, 0.5) is 5.69 Å². The topological polar surface area (TPSA) is 58.2 Å². The van der Waals surface area contributed by atoms with E-state index in [2.05, 4.69) is 10.6 Å². The smallest absolute Gasteiger partial charge is 0.228 e. The molecule has 0 aliphatic heterocycles. The summed E-state index contributed by atoms with van der Waals surface area (Å²) >= 11 is 12.0. The van der Waals surface area contributed by atoms with Gasteiger partial charge in [0.05, 0.1) is 11.8 Å². The summed E-state index contributed by atoms with van der Waals surface area (Å²) < 4.78 is 0. The Kier molecular flexibility index (Phi) is 5.84. The molecule has 0 radical (unpaired) electrons. The van der Waals surface area contributed by atoms with Crippen LogP contribution >= 0.6 is 23.2 Å². The third kappa shape index (κ3) is 4.77. The van der Waals surface area contributed by atoms with E-state index in [1.54, 1.807) is 6.07 Å². The minimum absolute atomic E-state index is 0.0749. The SMILES string of the molecule is Cc1ccc(NC(=O)C2CC2C(=O)NCCc2cccc(Cl)c2)cc1Cl. The molecule has 1 fully saturated rings. The van der Waals surface area contributed by atoms with Gasteiger partial charge in [0.1, 0.15) is 0 Å². The fraction of sp³-hybridized carbons (Fsp3) is 0.300. The third-order valence-corrected chi connectivity index (χ3v) is 5.15. The molecule has 1 aliphatic carbocycles. The van der Waals surface area contributed by atoms with Gasteiger partial charge in [0.2, 0.25) is 11.8 Å². The van der Waals surface area contributed by atoms with Gasteiger partial charge in [-0.2, -0.15) is 0 Å². The standard InChI is InChI=1S/C20H20Cl2N2O2/c1-12-5-6-15(10-18(12)22)24-20(26)17-11-16(17)19(25)23-8-7-13-3-2-4-14(21)9-13/h2-6,9-10,16-17H,7-8,11H2,1H3,(H,23,25)(H,24,26). The van der Waals surface area contributed by atoms with Crippen molar-refractivity contribution in [2.24, 2.45) is 11.8 Å². The summed E-state index contributed by atoms with van der Waals surface area (Å²) in [5, 5.41) is 7.01. The van der Waals surface area contributed by atoms with Crippen molar-refractivity contribution in [3.8, 4) is 0 Å². The molecule has 0 aromatic heterocycles. The molecule has 136 valence electrons. The number of anilines is 1. The Morgan fingerprint density at radius 2 is 1.85 bits per heavy atom. The van der Waals surface area contributed by atoms with Crippen LogP contribution in [0.2, 0.25) is 10.0 Å². The van der Waals surface area contributed by atoms with E-state index in [1.807, 2.05) is 43.3 Å². The van der Waals surface area contributed by atoms with E-state index < -0.39 is 0 Å². The molecule has 0 saturated heterocycles. The van der Waals surface area contributed by atoms with Gasteiger partial charge in [-0.05, 0) is 55.2 Å². The molecule has 0 spiro atoms. The van der Waals surface area contributed by atoms with Crippen molar-refractivity contribution >= 4 is 40.7 Å². The summed E-state index contributed by atoms with van der Waals surface area (Å²) in [6.45, 7) is 2.43. The summed E-state index contributed by atoms with van der Waals surface area (Å²) in [7, 11) is 0. The second-order valence-corrected chi connectivity index (χ2v) is 7.42. The number of hydrogen-bond donors (Lipinski definition) is 2. The first-order valence-corrected chi connectivity index (χ1v) is 9.29. The molecule has 3 rings (SSSR count). The maximum atomic E-state index is 12.3. The Morgan fingerprint density at radius 3 is 2.58 bits per heavy atom. The number of halogens is 2. The Hall–Kier alpha value is -2.04. The minimum Gasteiger partial charge on any atom is -0.356 e. The highest BCUT2D eigenvalue weighted by Crippen LogP contribution is 2.39. The number of amides is 2. The first kappa shape index (κ1) is 18.7. The Morgan fingerprint density at radius 1 is 1.08 bits per heavy atom. The van der Waals surface area contributed by atoms with Gasteiger partial charge in [-0.1, -0.05) is 41.4 Å². The number of carbonyl (C=O) groups is 2. The molecule has 2 amide bonds. The lowest BCUT2D eigenvalue weighted by Gasteiger charge is -2.07. The second kappa shape index (κ2) is 8.11. The first-order chi connectivity index (χ1) is 12.4. The number of benzene rings is 2. The van der Waals surface area contributed by atoms with Crippen LogP contribution < -0.4 is 10.6 Å². The molecular formula is C20H20Cl2N2O2. The monoisotopic (exact) mass is 390 g/mol. The van der Waals surface area contributed by atoms with Crippen LogP contribution in [-0.4, -0.2) is 18.4 Å². The van der Waals surface area contributed by atoms with Crippen LogP contribution in [0.3, 0.4) is 0 Å². The van der Waals surface area contributed by atoms with E-state index in [-0.39, 0.29) is 23.7 Å². The fourth-order valence-electron chi connectivity index (χ4n) is 2.83. The van der Waals surface area contributed by atoms with Crippen molar-refractivity contribution in [2.45, 2.75) is 19.8 Å². The van der Waals surface area contributed by atoms with Gasteiger partial charge in [-0.3, -0.25) is 9.59 Å². The molecule has 26 heavy (non-hydrogen) atoms. The normalized spacial score (nSPS) is 18.3. The van der Waals surface area contributed by atoms with E-state index in [0.717, 1.165) is 11.1 Å². The van der Waals surface area contributed by atoms with Crippen molar-refractivity contribution in [1.82, 2.24) is 5.32 Å². The Balaban J connectivity index is 1.44. The van der Waals surface area contributed by atoms with Gasteiger partial charge in [-0.25, -0.2) is 0 Å². The molecule has 1 aliphatic rings. The van der Waals surface area contributed by atoms with Crippen LogP contribution in [-0.2, 0) is 16.0 Å².